The zero-order valence-electron chi connectivity index (χ0n) is 17.8. The van der Waals surface area contributed by atoms with Crippen molar-refractivity contribution in [3.63, 3.8) is 0 Å². The second-order valence-electron chi connectivity index (χ2n) is 6.68. The van der Waals surface area contributed by atoms with Gasteiger partial charge in [0, 0.05) is 31.4 Å². The summed E-state index contributed by atoms with van der Waals surface area (Å²) in [5, 5.41) is 13.9. The van der Waals surface area contributed by atoms with Crippen molar-refractivity contribution in [2.45, 2.75) is 25.5 Å². The Labute approximate surface area is 185 Å². The third kappa shape index (κ3) is 5.88. The number of urea groups is 1. The third-order valence-corrected chi connectivity index (χ3v) is 5.70. The van der Waals surface area contributed by atoms with Gasteiger partial charge in [0.1, 0.15) is 5.76 Å². The van der Waals surface area contributed by atoms with Crippen LogP contribution in [0.5, 0.6) is 0 Å². The molecule has 0 aliphatic carbocycles. The number of aromatic nitrogens is 3. The van der Waals surface area contributed by atoms with Crippen LogP contribution in [0.25, 0.3) is 11.4 Å². The molecular weight excluding hydrogens is 416 g/mol. The number of carbonyl (C=O) groups excluding carboxylic acids is 2. The molecule has 1 aromatic carbocycles. The van der Waals surface area contributed by atoms with E-state index in [4.69, 9.17) is 4.42 Å². The predicted molar refractivity (Wildman–Crippen MR) is 120 cm³/mol. The van der Waals surface area contributed by atoms with Gasteiger partial charge >= 0.3 is 6.03 Å². The maximum Gasteiger partial charge on any atom is 0.321 e. The van der Waals surface area contributed by atoms with Crippen LogP contribution in [0.4, 0.5) is 10.5 Å². The highest BCUT2D eigenvalue weighted by Crippen LogP contribution is 2.25. The molecule has 31 heavy (non-hydrogen) atoms. The predicted octanol–water partition coefficient (Wildman–Crippen LogP) is 3.04. The minimum absolute atomic E-state index is 0.0427. The molecule has 0 radical (unpaired) electrons. The summed E-state index contributed by atoms with van der Waals surface area (Å²) in [4.78, 5) is 26.1. The van der Waals surface area contributed by atoms with Gasteiger partial charge in [0.2, 0.25) is 5.91 Å². The number of benzene rings is 1. The van der Waals surface area contributed by atoms with Crippen molar-refractivity contribution in [1.29, 1.82) is 0 Å². The summed E-state index contributed by atoms with van der Waals surface area (Å²) < 4.78 is 6.96. The van der Waals surface area contributed by atoms with Gasteiger partial charge in [0.05, 0.1) is 18.6 Å². The van der Waals surface area contributed by atoms with Gasteiger partial charge in [-0.1, -0.05) is 11.8 Å². The van der Waals surface area contributed by atoms with Crippen LogP contribution in [0.3, 0.4) is 0 Å². The van der Waals surface area contributed by atoms with E-state index < -0.39 is 11.9 Å². The lowest BCUT2D eigenvalue weighted by molar-refractivity contribution is -0.117. The van der Waals surface area contributed by atoms with E-state index in [1.54, 1.807) is 12.1 Å². The van der Waals surface area contributed by atoms with Crippen molar-refractivity contribution < 1.29 is 14.0 Å². The first-order chi connectivity index (χ1) is 15.0. The van der Waals surface area contributed by atoms with Crippen LogP contribution in [0.2, 0.25) is 0 Å². The summed E-state index contributed by atoms with van der Waals surface area (Å²) in [6, 6.07) is 11.1. The fourth-order valence-electron chi connectivity index (χ4n) is 3.02. The molecule has 0 saturated heterocycles. The molecule has 0 spiro atoms. The number of carbonyl (C=O) groups is 2. The first-order valence-corrected chi connectivity index (χ1v) is 11.0. The van der Waals surface area contributed by atoms with Gasteiger partial charge in [0.15, 0.2) is 11.0 Å². The summed E-state index contributed by atoms with van der Waals surface area (Å²) in [5.41, 5.74) is 2.10. The van der Waals surface area contributed by atoms with Crippen molar-refractivity contribution in [1.82, 2.24) is 25.4 Å². The summed E-state index contributed by atoms with van der Waals surface area (Å²) >= 11 is 1.21. The fourth-order valence-corrected chi connectivity index (χ4v) is 3.73. The highest BCUT2D eigenvalue weighted by atomic mass is 32.2. The van der Waals surface area contributed by atoms with Crippen molar-refractivity contribution in [2.24, 2.45) is 7.05 Å². The van der Waals surface area contributed by atoms with E-state index in [2.05, 4.69) is 51.7 Å². The van der Waals surface area contributed by atoms with E-state index in [1.807, 2.05) is 23.7 Å². The molecule has 0 aliphatic heterocycles. The lowest BCUT2D eigenvalue weighted by Crippen LogP contribution is -2.39. The Balaban J connectivity index is 1.53. The van der Waals surface area contributed by atoms with Gasteiger partial charge in [-0.3, -0.25) is 10.1 Å². The largest absolute Gasteiger partial charge is 0.467 e. The average Bonchev–Trinajstić information content (AvgIpc) is 3.42. The van der Waals surface area contributed by atoms with E-state index in [1.165, 1.54) is 18.0 Å². The van der Waals surface area contributed by atoms with Crippen LogP contribution in [0.15, 0.2) is 52.2 Å². The highest BCUT2D eigenvalue weighted by Gasteiger charge is 2.15. The van der Waals surface area contributed by atoms with Gasteiger partial charge < -0.3 is 19.2 Å². The Kier molecular flexibility index (Phi) is 7.71. The van der Waals surface area contributed by atoms with Crippen LogP contribution < -0.4 is 15.5 Å². The first kappa shape index (κ1) is 22.4. The molecule has 3 aromatic rings. The minimum atomic E-state index is -0.575. The summed E-state index contributed by atoms with van der Waals surface area (Å²) in [6.45, 7) is 6.36. The second kappa shape index (κ2) is 10.7. The maximum atomic E-state index is 12.1. The van der Waals surface area contributed by atoms with Gasteiger partial charge in [0.25, 0.3) is 0 Å². The normalized spacial score (nSPS) is 10.7. The summed E-state index contributed by atoms with van der Waals surface area (Å²) in [6.07, 6.45) is 1.52. The molecular formula is C21H26N6O3S. The molecule has 0 unspecified atom stereocenters. The number of hydrogen-bond acceptors (Lipinski definition) is 7. The van der Waals surface area contributed by atoms with E-state index in [-0.39, 0.29) is 12.3 Å². The molecule has 0 aliphatic rings. The molecule has 164 valence electrons. The van der Waals surface area contributed by atoms with Gasteiger partial charge in [-0.25, -0.2) is 4.79 Å². The van der Waals surface area contributed by atoms with Crippen LogP contribution in [0.1, 0.15) is 19.6 Å². The lowest BCUT2D eigenvalue weighted by atomic mass is 10.2. The molecule has 0 fully saturated rings. The Hall–Kier alpha value is -3.27. The average molecular weight is 443 g/mol. The van der Waals surface area contributed by atoms with Crippen LogP contribution in [-0.2, 0) is 18.4 Å². The lowest BCUT2D eigenvalue weighted by Gasteiger charge is -2.21. The van der Waals surface area contributed by atoms with Crippen LogP contribution in [-0.4, -0.2) is 45.5 Å². The molecule has 3 rings (SSSR count). The van der Waals surface area contributed by atoms with Gasteiger partial charge in [-0.2, -0.15) is 0 Å². The molecule has 10 heteroatoms. The van der Waals surface area contributed by atoms with E-state index in [0.717, 1.165) is 24.3 Å². The Bertz CT molecular complexity index is 997. The summed E-state index contributed by atoms with van der Waals surface area (Å²) in [7, 11) is 1.85. The minimum Gasteiger partial charge on any atom is -0.467 e. The molecule has 3 amide bonds. The smallest absolute Gasteiger partial charge is 0.321 e. The number of amides is 3. The number of nitrogens with zero attached hydrogens (tertiary/aromatic N) is 4. The third-order valence-electron chi connectivity index (χ3n) is 4.68. The van der Waals surface area contributed by atoms with Gasteiger partial charge in [-0.15, -0.1) is 10.2 Å². The zero-order valence-corrected chi connectivity index (χ0v) is 18.6. The van der Waals surface area contributed by atoms with E-state index in [0.29, 0.717) is 16.7 Å². The van der Waals surface area contributed by atoms with Crippen molar-refractivity contribution >= 4 is 29.4 Å². The quantitative estimate of drug-likeness (QED) is 0.491. The highest BCUT2D eigenvalue weighted by molar-refractivity contribution is 7.99. The molecule has 2 heterocycles. The monoisotopic (exact) mass is 442 g/mol. The number of rotatable bonds is 9. The standard InChI is InChI=1S/C21H26N6O3S/c1-4-27(5-2)16-10-8-15(9-11-16)19-24-25-21(26(19)3)31-14-18(28)23-20(29)22-13-17-7-6-12-30-17/h6-12H,4-5,13-14H2,1-3H3,(H2,22,23,28,29). The van der Waals surface area contributed by atoms with Gasteiger partial charge in [-0.05, 0) is 50.2 Å². The topological polar surface area (TPSA) is 105 Å². The first-order valence-electron chi connectivity index (χ1n) is 9.99. The van der Waals surface area contributed by atoms with E-state index in [9.17, 15) is 9.59 Å². The molecule has 9 nitrogen and oxygen atoms in total. The summed E-state index contributed by atoms with van der Waals surface area (Å²) in [5.74, 6) is 0.940. The number of anilines is 1. The van der Waals surface area contributed by atoms with Crippen molar-refractivity contribution in [2.75, 3.05) is 23.7 Å². The Morgan fingerprint density at radius 1 is 1.13 bits per heavy atom. The maximum absolute atomic E-state index is 12.1. The fraction of sp³-hybridized carbons (Fsp3) is 0.333. The molecule has 0 saturated carbocycles. The van der Waals surface area contributed by atoms with Crippen molar-refractivity contribution in [3.8, 4) is 11.4 Å². The number of nitrogens with one attached hydrogen (secondary N) is 2. The molecule has 0 atom stereocenters. The van der Waals surface area contributed by atoms with Crippen LogP contribution in [0, 0.1) is 0 Å². The number of furan rings is 1. The Morgan fingerprint density at radius 2 is 1.87 bits per heavy atom. The second-order valence-corrected chi connectivity index (χ2v) is 7.63. The zero-order chi connectivity index (χ0) is 22.2. The number of imide groups is 1. The SMILES string of the molecule is CCN(CC)c1ccc(-c2nnc(SCC(=O)NC(=O)NCc3ccco3)n2C)cc1. The van der Waals surface area contributed by atoms with Crippen LogP contribution >= 0.6 is 11.8 Å². The van der Waals surface area contributed by atoms with Crippen molar-refractivity contribution in [3.05, 3.63) is 48.4 Å². The Morgan fingerprint density at radius 3 is 2.52 bits per heavy atom. The molecule has 2 aromatic heterocycles. The number of thioether (sulfide) groups is 1. The number of hydrogen-bond donors (Lipinski definition) is 2. The molecule has 2 N–H and O–H groups in total. The van der Waals surface area contributed by atoms with E-state index >= 15 is 0 Å². The molecule has 0 bridgehead atoms.